The first-order valence-electron chi connectivity index (χ1n) is 8.84. The third kappa shape index (κ3) is 3.46. The molecule has 2 aliphatic rings. The molecule has 152 valence electrons. The molecule has 4 N–H and O–H groups in total. The fourth-order valence-electron chi connectivity index (χ4n) is 3.68. The number of nitrogens with one attached hydrogen (secondary N) is 4. The van der Waals surface area contributed by atoms with Crippen molar-refractivity contribution in [2.24, 2.45) is 0 Å². The average molecular weight is 416 g/mol. The minimum atomic E-state index is -3.40. The zero-order valence-corrected chi connectivity index (χ0v) is 16.8. The molecular weight excluding hydrogens is 396 g/mol. The molecule has 0 spiro atoms. The van der Waals surface area contributed by atoms with E-state index in [0.29, 0.717) is 22.7 Å². The smallest absolute Gasteiger partial charge is 0.239 e. The predicted octanol–water partition coefficient (Wildman–Crippen LogP) is 2.23. The monoisotopic (exact) mass is 416 g/mol. The van der Waals surface area contributed by atoms with Gasteiger partial charge in [-0.3, -0.25) is 14.3 Å². The number of fused-ring (bicyclic) bond motifs is 2. The Hall–Kier alpha value is -3.27. The number of carbonyl (C=O) groups excluding carboxylic acids is 2. The van der Waals surface area contributed by atoms with Gasteiger partial charge in [-0.1, -0.05) is 0 Å². The molecule has 2 heterocycles. The SMILES string of the molecule is COc1cc(NS(C)(=O)=O)ccc1C1Nc2cc3c(cc2N1)C(C(C)=O)C(=O)N3. The Morgan fingerprint density at radius 3 is 2.38 bits per heavy atom. The maximum Gasteiger partial charge on any atom is 0.239 e. The van der Waals surface area contributed by atoms with E-state index in [9.17, 15) is 18.0 Å². The molecule has 9 nitrogen and oxygen atoms in total. The van der Waals surface area contributed by atoms with Crippen molar-refractivity contribution < 1.29 is 22.7 Å². The molecular formula is C19H20N4O5S. The number of amides is 1. The largest absolute Gasteiger partial charge is 0.496 e. The van der Waals surface area contributed by atoms with Crippen molar-refractivity contribution in [3.05, 3.63) is 41.5 Å². The fourth-order valence-corrected chi connectivity index (χ4v) is 4.24. The summed E-state index contributed by atoms with van der Waals surface area (Å²) >= 11 is 0. The lowest BCUT2D eigenvalue weighted by atomic mass is 9.96. The fraction of sp³-hybridized carbons (Fsp3) is 0.263. The maximum atomic E-state index is 12.1. The molecule has 0 aromatic heterocycles. The minimum absolute atomic E-state index is 0.209. The first-order valence-corrected chi connectivity index (χ1v) is 10.7. The molecule has 2 unspecified atom stereocenters. The number of anilines is 4. The molecule has 29 heavy (non-hydrogen) atoms. The van der Waals surface area contributed by atoms with Crippen LogP contribution in [0, 0.1) is 0 Å². The summed E-state index contributed by atoms with van der Waals surface area (Å²) in [6, 6.07) is 8.61. The van der Waals surface area contributed by atoms with Gasteiger partial charge in [-0.05, 0) is 36.8 Å². The molecule has 4 rings (SSSR count). The molecule has 1 amide bonds. The standard InChI is InChI=1S/C19H20N4O5S/c1-9(24)17-12-7-14-15(8-13(12)22-19(17)25)21-18(20-14)11-5-4-10(6-16(11)28-2)23-29(3,26)27/h4-8,17-18,20-21,23H,1-3H3,(H,22,25). The third-order valence-electron chi connectivity index (χ3n) is 4.87. The number of methoxy groups -OCH3 is 1. The van der Waals surface area contributed by atoms with E-state index in [1.54, 1.807) is 30.3 Å². The van der Waals surface area contributed by atoms with Crippen molar-refractivity contribution in [2.75, 3.05) is 34.0 Å². The van der Waals surface area contributed by atoms with E-state index in [1.807, 2.05) is 0 Å². The Kier molecular flexibility index (Phi) is 4.38. The summed E-state index contributed by atoms with van der Waals surface area (Å²) in [5.41, 5.74) is 3.97. The Morgan fingerprint density at radius 2 is 1.76 bits per heavy atom. The molecule has 2 aromatic rings. The van der Waals surface area contributed by atoms with E-state index in [2.05, 4.69) is 20.7 Å². The van der Waals surface area contributed by atoms with Crippen molar-refractivity contribution in [1.29, 1.82) is 0 Å². The average Bonchev–Trinajstić information content (AvgIpc) is 3.16. The number of ketones is 1. The molecule has 0 saturated heterocycles. The number of Topliss-reactive ketones (excluding diaryl/α,β-unsaturated/α-hetero) is 1. The first-order chi connectivity index (χ1) is 13.7. The molecule has 2 aliphatic heterocycles. The number of sulfonamides is 1. The van der Waals surface area contributed by atoms with Crippen molar-refractivity contribution in [3.63, 3.8) is 0 Å². The zero-order valence-electron chi connectivity index (χ0n) is 16.0. The summed E-state index contributed by atoms with van der Waals surface area (Å²) in [6.45, 7) is 1.40. The summed E-state index contributed by atoms with van der Waals surface area (Å²) in [5, 5.41) is 9.38. The van der Waals surface area contributed by atoms with E-state index in [4.69, 9.17) is 4.74 Å². The van der Waals surface area contributed by atoms with Gasteiger partial charge in [0.2, 0.25) is 15.9 Å². The Morgan fingerprint density at radius 1 is 1.07 bits per heavy atom. The van der Waals surface area contributed by atoms with Gasteiger partial charge in [-0.2, -0.15) is 0 Å². The van der Waals surface area contributed by atoms with Crippen LogP contribution in [0.4, 0.5) is 22.7 Å². The summed E-state index contributed by atoms with van der Waals surface area (Å²) in [5.74, 6) is -0.825. The van der Waals surface area contributed by atoms with E-state index in [-0.39, 0.29) is 17.9 Å². The summed E-state index contributed by atoms with van der Waals surface area (Å²) in [7, 11) is -1.89. The van der Waals surface area contributed by atoms with Crippen LogP contribution in [0.1, 0.15) is 30.1 Å². The van der Waals surface area contributed by atoms with Crippen LogP contribution in [0.2, 0.25) is 0 Å². The molecule has 10 heteroatoms. The highest BCUT2D eigenvalue weighted by atomic mass is 32.2. The van der Waals surface area contributed by atoms with Crippen LogP contribution in [-0.2, 0) is 19.6 Å². The van der Waals surface area contributed by atoms with Crippen LogP contribution < -0.4 is 25.4 Å². The summed E-state index contributed by atoms with van der Waals surface area (Å²) in [4.78, 5) is 23.9. The number of rotatable bonds is 5. The van der Waals surface area contributed by atoms with Crippen LogP contribution >= 0.6 is 0 Å². The van der Waals surface area contributed by atoms with Gasteiger partial charge in [0.25, 0.3) is 0 Å². The molecule has 0 radical (unpaired) electrons. The second kappa shape index (κ2) is 6.66. The Labute approximate surface area is 167 Å². The highest BCUT2D eigenvalue weighted by Crippen LogP contribution is 2.45. The first kappa shape index (κ1) is 19.1. The maximum absolute atomic E-state index is 12.1. The van der Waals surface area contributed by atoms with Crippen molar-refractivity contribution in [2.45, 2.75) is 19.0 Å². The highest BCUT2D eigenvalue weighted by Gasteiger charge is 2.36. The van der Waals surface area contributed by atoms with Gasteiger partial charge in [-0.25, -0.2) is 8.42 Å². The lowest BCUT2D eigenvalue weighted by Gasteiger charge is -2.17. The van der Waals surface area contributed by atoms with Gasteiger partial charge in [0, 0.05) is 17.3 Å². The molecule has 0 saturated carbocycles. The van der Waals surface area contributed by atoms with Crippen LogP contribution in [0.3, 0.4) is 0 Å². The molecule has 2 atom stereocenters. The lowest BCUT2D eigenvalue weighted by Crippen LogP contribution is -2.18. The van der Waals surface area contributed by atoms with E-state index in [1.165, 1.54) is 14.0 Å². The van der Waals surface area contributed by atoms with Crippen LogP contribution in [-0.4, -0.2) is 33.5 Å². The van der Waals surface area contributed by atoms with Gasteiger partial charge in [0.1, 0.15) is 23.6 Å². The number of carbonyl (C=O) groups is 2. The number of hydrogen-bond donors (Lipinski definition) is 4. The number of benzene rings is 2. The second-order valence-corrected chi connectivity index (χ2v) is 8.82. The normalized spacial score (nSPS) is 19.5. The summed E-state index contributed by atoms with van der Waals surface area (Å²) < 4.78 is 30.8. The van der Waals surface area contributed by atoms with E-state index in [0.717, 1.165) is 23.2 Å². The van der Waals surface area contributed by atoms with Crippen LogP contribution in [0.5, 0.6) is 5.75 Å². The quantitative estimate of drug-likeness (QED) is 0.551. The molecule has 0 bridgehead atoms. The van der Waals surface area contributed by atoms with Gasteiger partial charge < -0.3 is 20.7 Å². The van der Waals surface area contributed by atoms with Gasteiger partial charge >= 0.3 is 0 Å². The van der Waals surface area contributed by atoms with Gasteiger partial charge in [0.05, 0.1) is 30.4 Å². The van der Waals surface area contributed by atoms with E-state index < -0.39 is 15.9 Å². The van der Waals surface area contributed by atoms with E-state index >= 15 is 0 Å². The number of hydrogen-bond acceptors (Lipinski definition) is 7. The third-order valence-corrected chi connectivity index (χ3v) is 5.48. The van der Waals surface area contributed by atoms with Crippen LogP contribution in [0.25, 0.3) is 0 Å². The molecule has 0 fully saturated rings. The van der Waals surface area contributed by atoms with Crippen molar-refractivity contribution >= 4 is 44.5 Å². The zero-order chi connectivity index (χ0) is 20.9. The Balaban J connectivity index is 1.64. The van der Waals surface area contributed by atoms with Gasteiger partial charge in [-0.15, -0.1) is 0 Å². The van der Waals surface area contributed by atoms with Crippen molar-refractivity contribution in [3.8, 4) is 5.75 Å². The summed E-state index contributed by atoms with van der Waals surface area (Å²) in [6.07, 6.45) is 0.748. The molecule has 0 aliphatic carbocycles. The highest BCUT2D eigenvalue weighted by molar-refractivity contribution is 7.92. The van der Waals surface area contributed by atoms with Crippen molar-refractivity contribution in [1.82, 2.24) is 0 Å². The molecule has 2 aromatic carbocycles. The lowest BCUT2D eigenvalue weighted by molar-refractivity contribution is -0.125. The van der Waals surface area contributed by atoms with Crippen LogP contribution in [0.15, 0.2) is 30.3 Å². The topological polar surface area (TPSA) is 126 Å². The second-order valence-electron chi connectivity index (χ2n) is 7.07. The van der Waals surface area contributed by atoms with Gasteiger partial charge in [0.15, 0.2) is 0 Å². The Bertz CT molecular complexity index is 1150. The number of ether oxygens (including phenoxy) is 1. The predicted molar refractivity (Wildman–Crippen MR) is 110 cm³/mol. The minimum Gasteiger partial charge on any atom is -0.496 e.